The lowest BCUT2D eigenvalue weighted by molar-refractivity contribution is 0.660. The average molecular weight is 1200 g/mol. The van der Waals surface area contributed by atoms with E-state index in [0.717, 1.165) is 100 Å². The number of rotatable bonds is 11. The normalized spacial score (nSPS) is 12.2. The fourth-order valence-corrected chi connectivity index (χ4v) is 13.8. The number of fused-ring (bicyclic) bond motifs is 9. The summed E-state index contributed by atoms with van der Waals surface area (Å²) in [5.41, 5.74) is 29.9. The molecule has 0 radical (unpaired) electrons. The highest BCUT2D eigenvalue weighted by molar-refractivity contribution is 6.11. The fraction of sp³-hybridized carbons (Fsp3) is 0.0562. The molecular weight excluding hydrogens is 1130 g/mol. The first-order valence-electron chi connectivity index (χ1n) is 32.0. The van der Waals surface area contributed by atoms with Gasteiger partial charge < -0.3 is 18.6 Å². The zero-order valence-electron chi connectivity index (χ0n) is 52.4. The van der Waals surface area contributed by atoms with Crippen molar-refractivity contribution in [1.82, 2.24) is 0 Å². The minimum Gasteiger partial charge on any atom is -0.455 e. The number of anilines is 6. The second kappa shape index (κ2) is 23.6. The Hall–Kier alpha value is -11.7. The topological polar surface area (TPSA) is 32.8 Å². The molecule has 0 saturated heterocycles. The maximum absolute atomic E-state index is 6.37. The predicted octanol–water partition coefficient (Wildman–Crippen LogP) is 25.4. The van der Waals surface area contributed by atoms with Gasteiger partial charge in [-0.1, -0.05) is 268 Å². The summed E-state index contributed by atoms with van der Waals surface area (Å²) in [5, 5.41) is 4.58. The lowest BCUT2D eigenvalue weighted by atomic mass is 9.82. The van der Waals surface area contributed by atoms with E-state index < -0.39 is 0 Å². The van der Waals surface area contributed by atoms with Crippen molar-refractivity contribution in [3.8, 4) is 66.8 Å². The summed E-state index contributed by atoms with van der Waals surface area (Å²) >= 11 is 0. The first kappa shape index (κ1) is 56.5. The third-order valence-corrected chi connectivity index (χ3v) is 18.8. The van der Waals surface area contributed by atoms with Crippen LogP contribution in [0.4, 0.5) is 34.1 Å². The second-order valence-corrected chi connectivity index (χ2v) is 25.0. The molecule has 0 amide bonds. The molecule has 17 rings (SSSR count). The monoisotopic (exact) mass is 1190 g/mol. The molecule has 2 aromatic heterocycles. The van der Waals surface area contributed by atoms with E-state index in [1.807, 2.05) is 24.3 Å². The molecule has 4 heteroatoms. The van der Waals surface area contributed by atoms with E-state index in [9.17, 15) is 0 Å². The van der Waals surface area contributed by atoms with Crippen LogP contribution in [0.5, 0.6) is 0 Å². The number of nitrogens with zero attached hydrogens (tertiary/aromatic N) is 2. The smallest absolute Gasteiger partial charge is 0.143 e. The predicted molar refractivity (Wildman–Crippen MR) is 391 cm³/mol. The molecule has 0 saturated carbocycles. The van der Waals surface area contributed by atoms with Crippen LogP contribution >= 0.6 is 0 Å². The molecule has 1 aliphatic rings. The van der Waals surface area contributed by atoms with Gasteiger partial charge in [-0.25, -0.2) is 0 Å². The lowest BCUT2D eigenvalue weighted by Gasteiger charge is -2.28. The summed E-state index contributed by atoms with van der Waals surface area (Å²) in [6, 6.07) is 117. The Morgan fingerprint density at radius 3 is 1.02 bits per heavy atom. The van der Waals surface area contributed by atoms with E-state index in [0.29, 0.717) is 0 Å². The van der Waals surface area contributed by atoms with Gasteiger partial charge in [0, 0.05) is 72.2 Å². The second-order valence-electron chi connectivity index (χ2n) is 25.0. The molecule has 0 bridgehead atoms. The molecule has 1 aliphatic carbocycles. The van der Waals surface area contributed by atoms with Crippen molar-refractivity contribution in [3.63, 3.8) is 0 Å². The number of hydrogen-bond acceptors (Lipinski definition) is 4. The van der Waals surface area contributed by atoms with Crippen LogP contribution in [0, 0.1) is 13.8 Å². The Balaban J connectivity index is 0.000000150. The van der Waals surface area contributed by atoms with Gasteiger partial charge in [-0.2, -0.15) is 0 Å². The van der Waals surface area contributed by atoms with Crippen molar-refractivity contribution in [2.45, 2.75) is 33.1 Å². The summed E-state index contributed by atoms with van der Waals surface area (Å²) < 4.78 is 12.7. The van der Waals surface area contributed by atoms with Crippen molar-refractivity contribution in [3.05, 3.63) is 350 Å². The summed E-state index contributed by atoms with van der Waals surface area (Å²) in [7, 11) is 0. The third-order valence-electron chi connectivity index (χ3n) is 18.8. The van der Waals surface area contributed by atoms with Gasteiger partial charge in [0.2, 0.25) is 0 Å². The van der Waals surface area contributed by atoms with Gasteiger partial charge in [0.05, 0.1) is 0 Å². The Kier molecular flexibility index (Phi) is 14.3. The average Bonchev–Trinajstić information content (AvgIpc) is 1.64. The molecule has 0 fully saturated rings. The van der Waals surface area contributed by atoms with Crippen molar-refractivity contribution >= 4 is 78.0 Å². The van der Waals surface area contributed by atoms with Crippen LogP contribution in [0.25, 0.3) is 111 Å². The van der Waals surface area contributed by atoms with Crippen molar-refractivity contribution in [2.24, 2.45) is 0 Å². The van der Waals surface area contributed by atoms with Gasteiger partial charge in [0.25, 0.3) is 0 Å². The molecule has 0 N–H and O–H groups in total. The van der Waals surface area contributed by atoms with E-state index >= 15 is 0 Å². The fourth-order valence-electron chi connectivity index (χ4n) is 13.8. The highest BCUT2D eigenvalue weighted by Crippen LogP contribution is 2.51. The van der Waals surface area contributed by atoms with Gasteiger partial charge in [0.1, 0.15) is 22.3 Å². The summed E-state index contributed by atoms with van der Waals surface area (Å²) in [4.78, 5) is 4.69. The summed E-state index contributed by atoms with van der Waals surface area (Å²) in [6.45, 7) is 8.94. The summed E-state index contributed by atoms with van der Waals surface area (Å²) in [5.74, 6) is 0. The Morgan fingerprint density at radius 1 is 0.237 bits per heavy atom. The zero-order chi connectivity index (χ0) is 62.6. The largest absolute Gasteiger partial charge is 0.455 e. The van der Waals surface area contributed by atoms with Crippen LogP contribution in [0.1, 0.15) is 36.1 Å². The maximum Gasteiger partial charge on any atom is 0.143 e. The van der Waals surface area contributed by atoms with Crippen LogP contribution in [0.3, 0.4) is 0 Å². The molecule has 0 unspecified atom stereocenters. The number of aryl methyl sites for hydroxylation is 2. The molecule has 2 heterocycles. The number of benzene rings is 14. The van der Waals surface area contributed by atoms with Gasteiger partial charge in [-0.3, -0.25) is 0 Å². The minimum atomic E-state index is -0.0595. The Morgan fingerprint density at radius 2 is 0.548 bits per heavy atom. The summed E-state index contributed by atoms with van der Waals surface area (Å²) in [6.07, 6.45) is 0. The van der Waals surface area contributed by atoms with Crippen LogP contribution in [-0.2, 0) is 5.41 Å². The van der Waals surface area contributed by atoms with Crippen LogP contribution < -0.4 is 9.80 Å². The first-order valence-corrected chi connectivity index (χ1v) is 32.0. The SMILES string of the molecule is Cc1ccc(-c2ccc(N(c3ccc(-c4ccc(-c5ccccc5)cc4)cc3)c3ccc(-c4cccc5c4oc4ccccc45)cc3)cc2)cc1.Cc1ccc(N(c2ccc(-c3cccc4c3oc3ccccc34)cc2)c2ccc3c(c2)C(C)(C)c2ccccc2-3)cc1. The first-order chi connectivity index (χ1) is 45.7. The Bertz CT molecular complexity index is 5370. The molecule has 444 valence electrons. The third kappa shape index (κ3) is 10.5. The van der Waals surface area contributed by atoms with Gasteiger partial charge >= 0.3 is 0 Å². The Labute approximate surface area is 543 Å². The van der Waals surface area contributed by atoms with Crippen LogP contribution in [0.15, 0.2) is 336 Å². The minimum absolute atomic E-state index is 0.0595. The van der Waals surface area contributed by atoms with E-state index in [1.54, 1.807) is 0 Å². The molecule has 0 atom stereocenters. The lowest BCUT2D eigenvalue weighted by Crippen LogP contribution is -2.16. The number of furan rings is 2. The van der Waals surface area contributed by atoms with Gasteiger partial charge in [-0.15, -0.1) is 0 Å². The zero-order valence-corrected chi connectivity index (χ0v) is 52.4. The van der Waals surface area contributed by atoms with Crippen LogP contribution in [-0.4, -0.2) is 0 Å². The van der Waals surface area contributed by atoms with Crippen molar-refractivity contribution in [2.75, 3.05) is 9.80 Å². The number of hydrogen-bond donors (Lipinski definition) is 0. The molecule has 0 aliphatic heterocycles. The molecule has 16 aromatic rings. The van der Waals surface area contributed by atoms with Crippen molar-refractivity contribution < 1.29 is 8.83 Å². The van der Waals surface area contributed by atoms with Gasteiger partial charge in [-0.05, 0) is 166 Å². The highest BCUT2D eigenvalue weighted by Gasteiger charge is 2.36. The molecular formula is C89H66N2O2. The quantitative estimate of drug-likeness (QED) is 0.129. The molecule has 4 nitrogen and oxygen atoms in total. The maximum atomic E-state index is 6.37. The molecule has 93 heavy (non-hydrogen) atoms. The standard InChI is InChI=1S/C49H35NO.C40H31NO/c1-34-14-16-36(17-15-34)39-22-28-42(29-23-39)50(43-30-24-40(25-31-43)38-20-18-37(19-21-38)35-8-3-2-4-9-35)44-32-26-41(27-33-44)45-11-7-12-47-46-10-5-6-13-48(46)51-49(45)47;1-26-15-19-28(20-16-26)41(30-23-24-33-32-9-4-6-13-36(32)40(2,3)37(33)25-30)29-21-17-27(18-22-29)31-11-8-12-35-34-10-5-7-14-38(34)42-39(31)35/h2-33H,1H3;4-25H,1-3H3. The van der Waals surface area contributed by atoms with E-state index in [1.165, 1.54) is 66.8 Å². The highest BCUT2D eigenvalue weighted by atomic mass is 16.3. The van der Waals surface area contributed by atoms with E-state index in [4.69, 9.17) is 8.83 Å². The van der Waals surface area contributed by atoms with E-state index in [-0.39, 0.29) is 5.41 Å². The van der Waals surface area contributed by atoms with E-state index in [2.05, 4.69) is 341 Å². The van der Waals surface area contributed by atoms with Crippen LogP contribution in [0.2, 0.25) is 0 Å². The van der Waals surface area contributed by atoms with Gasteiger partial charge in [0.15, 0.2) is 0 Å². The van der Waals surface area contributed by atoms with Crippen molar-refractivity contribution in [1.29, 1.82) is 0 Å². The molecule has 0 spiro atoms. The molecule has 14 aromatic carbocycles. The number of para-hydroxylation sites is 4.